The van der Waals surface area contributed by atoms with Crippen molar-refractivity contribution in [3.63, 3.8) is 0 Å². The maximum Gasteiger partial charge on any atom is 0.273 e. The lowest BCUT2D eigenvalue weighted by Gasteiger charge is -2.01. The third-order valence-electron chi connectivity index (χ3n) is 2.56. The number of hydrogen-bond acceptors (Lipinski definition) is 2. The van der Waals surface area contributed by atoms with Gasteiger partial charge in [0.2, 0.25) is 0 Å². The standard InChI is InChI=1S/C13H8BrNOS/c14-10-6-2-3-7-11(10)15-13(16)9-5-1-4-8-12(9)17-15/h1-8H. The summed E-state index contributed by atoms with van der Waals surface area (Å²) in [6.45, 7) is 0. The Kier molecular flexibility index (Phi) is 2.61. The number of rotatable bonds is 1. The van der Waals surface area contributed by atoms with Crippen molar-refractivity contribution in [2.45, 2.75) is 0 Å². The molecule has 2 aromatic carbocycles. The minimum Gasteiger partial charge on any atom is -0.267 e. The van der Waals surface area contributed by atoms with Crippen molar-refractivity contribution >= 4 is 37.5 Å². The number of aromatic nitrogens is 1. The highest BCUT2D eigenvalue weighted by Gasteiger charge is 2.10. The van der Waals surface area contributed by atoms with Gasteiger partial charge in [0.15, 0.2) is 0 Å². The average Bonchev–Trinajstić information content (AvgIpc) is 2.68. The highest BCUT2D eigenvalue weighted by atomic mass is 79.9. The van der Waals surface area contributed by atoms with Gasteiger partial charge in [-0.25, -0.2) is 3.96 Å². The van der Waals surface area contributed by atoms with Crippen LogP contribution in [0.15, 0.2) is 57.8 Å². The molecule has 0 aliphatic rings. The van der Waals surface area contributed by atoms with E-state index in [1.54, 1.807) is 3.96 Å². The third kappa shape index (κ3) is 1.73. The molecule has 0 radical (unpaired) electrons. The van der Waals surface area contributed by atoms with E-state index in [0.29, 0.717) is 0 Å². The average molecular weight is 306 g/mol. The maximum atomic E-state index is 12.2. The summed E-state index contributed by atoms with van der Waals surface area (Å²) in [4.78, 5) is 12.2. The maximum absolute atomic E-state index is 12.2. The largest absolute Gasteiger partial charge is 0.273 e. The second-order valence-corrected chi connectivity index (χ2v) is 5.48. The SMILES string of the molecule is O=c1c2ccccc2sn1-c1ccccc1Br. The van der Waals surface area contributed by atoms with Crippen LogP contribution in [0.5, 0.6) is 0 Å². The first kappa shape index (κ1) is 10.7. The van der Waals surface area contributed by atoms with Crippen LogP contribution in [0.4, 0.5) is 0 Å². The number of hydrogen-bond donors (Lipinski definition) is 0. The summed E-state index contributed by atoms with van der Waals surface area (Å²) in [5.74, 6) is 0. The molecule has 0 unspecified atom stereocenters. The fourth-order valence-corrected chi connectivity index (χ4v) is 3.36. The molecule has 0 aliphatic carbocycles. The zero-order chi connectivity index (χ0) is 11.8. The molecule has 0 saturated heterocycles. The Morgan fingerprint density at radius 3 is 2.47 bits per heavy atom. The fourth-order valence-electron chi connectivity index (χ4n) is 1.75. The van der Waals surface area contributed by atoms with Gasteiger partial charge in [0, 0.05) is 4.47 Å². The zero-order valence-electron chi connectivity index (χ0n) is 8.76. The van der Waals surface area contributed by atoms with Gasteiger partial charge in [-0.05, 0) is 40.2 Å². The molecule has 3 rings (SSSR count). The van der Waals surface area contributed by atoms with E-state index in [0.717, 1.165) is 20.2 Å². The quantitative estimate of drug-likeness (QED) is 0.670. The van der Waals surface area contributed by atoms with Crippen molar-refractivity contribution in [2.24, 2.45) is 0 Å². The Morgan fingerprint density at radius 2 is 1.71 bits per heavy atom. The zero-order valence-corrected chi connectivity index (χ0v) is 11.2. The molecule has 0 saturated carbocycles. The molecule has 3 aromatic rings. The predicted molar refractivity (Wildman–Crippen MR) is 75.1 cm³/mol. The summed E-state index contributed by atoms with van der Waals surface area (Å²) in [7, 11) is 0. The first-order valence-corrected chi connectivity index (χ1v) is 6.70. The smallest absolute Gasteiger partial charge is 0.267 e. The summed E-state index contributed by atoms with van der Waals surface area (Å²) in [6.07, 6.45) is 0. The molecule has 2 nitrogen and oxygen atoms in total. The van der Waals surface area contributed by atoms with Gasteiger partial charge in [-0.15, -0.1) is 0 Å². The lowest BCUT2D eigenvalue weighted by molar-refractivity contribution is 1.13. The van der Waals surface area contributed by atoms with Crippen LogP contribution in [-0.2, 0) is 0 Å². The van der Waals surface area contributed by atoms with E-state index in [1.807, 2.05) is 48.5 Å². The Hall–Kier alpha value is -1.39. The molecule has 1 heterocycles. The van der Waals surface area contributed by atoms with Crippen LogP contribution in [-0.4, -0.2) is 3.96 Å². The van der Waals surface area contributed by atoms with Gasteiger partial charge in [-0.3, -0.25) is 4.79 Å². The molecule has 0 aliphatic heterocycles. The van der Waals surface area contributed by atoms with Crippen molar-refractivity contribution in [3.05, 3.63) is 63.4 Å². The molecule has 0 bridgehead atoms. The monoisotopic (exact) mass is 305 g/mol. The number of para-hydroxylation sites is 1. The van der Waals surface area contributed by atoms with Gasteiger partial charge in [-0.1, -0.05) is 35.8 Å². The lowest BCUT2D eigenvalue weighted by atomic mass is 10.3. The number of nitrogens with zero attached hydrogens (tertiary/aromatic N) is 1. The van der Waals surface area contributed by atoms with Crippen LogP contribution in [0.25, 0.3) is 15.8 Å². The molecule has 17 heavy (non-hydrogen) atoms. The molecule has 0 fully saturated rings. The van der Waals surface area contributed by atoms with E-state index in [-0.39, 0.29) is 5.56 Å². The van der Waals surface area contributed by atoms with Crippen LogP contribution in [0, 0.1) is 0 Å². The van der Waals surface area contributed by atoms with Gasteiger partial charge >= 0.3 is 0 Å². The second kappa shape index (κ2) is 4.13. The topological polar surface area (TPSA) is 22.0 Å². The Bertz CT molecular complexity index is 744. The molecule has 84 valence electrons. The van der Waals surface area contributed by atoms with E-state index in [9.17, 15) is 4.79 Å². The van der Waals surface area contributed by atoms with E-state index in [4.69, 9.17) is 0 Å². The number of fused-ring (bicyclic) bond motifs is 1. The summed E-state index contributed by atoms with van der Waals surface area (Å²) < 4.78 is 3.65. The molecule has 0 amide bonds. The lowest BCUT2D eigenvalue weighted by Crippen LogP contribution is -2.10. The van der Waals surface area contributed by atoms with Crippen LogP contribution in [0.2, 0.25) is 0 Å². The Morgan fingerprint density at radius 1 is 1.00 bits per heavy atom. The highest BCUT2D eigenvalue weighted by molar-refractivity contribution is 9.10. The van der Waals surface area contributed by atoms with E-state index in [1.165, 1.54) is 11.5 Å². The molecular formula is C13H8BrNOS. The van der Waals surface area contributed by atoms with Gasteiger partial charge in [0.25, 0.3) is 5.56 Å². The van der Waals surface area contributed by atoms with Crippen molar-refractivity contribution < 1.29 is 0 Å². The Balaban J connectivity index is 2.36. The summed E-state index contributed by atoms with van der Waals surface area (Å²) >= 11 is 4.94. The van der Waals surface area contributed by atoms with Crippen molar-refractivity contribution in [2.75, 3.05) is 0 Å². The number of halogens is 1. The van der Waals surface area contributed by atoms with Crippen LogP contribution >= 0.6 is 27.5 Å². The second-order valence-electron chi connectivity index (χ2n) is 3.64. The first-order valence-electron chi connectivity index (χ1n) is 5.13. The van der Waals surface area contributed by atoms with Crippen LogP contribution in [0.3, 0.4) is 0 Å². The highest BCUT2D eigenvalue weighted by Crippen LogP contribution is 2.24. The Labute approximate surface area is 110 Å². The summed E-state index contributed by atoms with van der Waals surface area (Å²) in [6, 6.07) is 15.4. The van der Waals surface area contributed by atoms with Crippen molar-refractivity contribution in [1.29, 1.82) is 0 Å². The van der Waals surface area contributed by atoms with E-state index in [2.05, 4.69) is 15.9 Å². The molecule has 1 aromatic heterocycles. The van der Waals surface area contributed by atoms with Crippen LogP contribution in [0.1, 0.15) is 0 Å². The normalized spacial score (nSPS) is 10.9. The molecule has 0 N–H and O–H groups in total. The number of benzene rings is 2. The summed E-state index contributed by atoms with van der Waals surface area (Å²) in [5, 5.41) is 0.772. The van der Waals surface area contributed by atoms with Crippen molar-refractivity contribution in [1.82, 2.24) is 3.96 Å². The minimum atomic E-state index is 0.0394. The molecular weight excluding hydrogens is 298 g/mol. The van der Waals surface area contributed by atoms with Gasteiger partial charge in [0.05, 0.1) is 15.8 Å². The first-order chi connectivity index (χ1) is 8.27. The summed E-state index contributed by atoms with van der Waals surface area (Å²) in [5.41, 5.74) is 0.927. The molecule has 0 atom stereocenters. The minimum absolute atomic E-state index is 0.0394. The van der Waals surface area contributed by atoms with Gasteiger partial charge in [-0.2, -0.15) is 0 Å². The molecule has 4 heteroatoms. The third-order valence-corrected chi connectivity index (χ3v) is 4.33. The van der Waals surface area contributed by atoms with Gasteiger partial charge < -0.3 is 0 Å². The van der Waals surface area contributed by atoms with Crippen molar-refractivity contribution in [3.8, 4) is 5.69 Å². The molecule has 0 spiro atoms. The van der Waals surface area contributed by atoms with E-state index < -0.39 is 0 Å². The van der Waals surface area contributed by atoms with E-state index >= 15 is 0 Å². The van der Waals surface area contributed by atoms with Crippen LogP contribution < -0.4 is 5.56 Å². The van der Waals surface area contributed by atoms with Gasteiger partial charge in [0.1, 0.15) is 0 Å². The fraction of sp³-hybridized carbons (Fsp3) is 0. The predicted octanol–water partition coefficient (Wildman–Crippen LogP) is 3.81.